The van der Waals surface area contributed by atoms with Gasteiger partial charge in [0.05, 0.1) is 17.0 Å². The van der Waals surface area contributed by atoms with Crippen molar-refractivity contribution in [2.75, 3.05) is 13.2 Å². The second-order valence-electron chi connectivity index (χ2n) is 8.28. The molecule has 1 aliphatic rings. The predicted molar refractivity (Wildman–Crippen MR) is 134 cm³/mol. The summed E-state index contributed by atoms with van der Waals surface area (Å²) in [4.78, 5) is 39.9. The van der Waals surface area contributed by atoms with Crippen molar-refractivity contribution in [3.05, 3.63) is 110 Å². The third-order valence-corrected chi connectivity index (χ3v) is 6.48. The first-order valence-electron chi connectivity index (χ1n) is 11.0. The lowest BCUT2D eigenvalue weighted by Gasteiger charge is -2.25. The molecule has 1 unspecified atom stereocenters. The van der Waals surface area contributed by atoms with E-state index in [2.05, 4.69) is 15.9 Å². The van der Waals surface area contributed by atoms with E-state index in [1.54, 1.807) is 47.4 Å². The summed E-state index contributed by atoms with van der Waals surface area (Å²) in [6, 6.07) is 21.3. The molecule has 8 heteroatoms. The van der Waals surface area contributed by atoms with Crippen molar-refractivity contribution in [2.45, 2.75) is 12.5 Å². The maximum Gasteiger partial charge on any atom is 0.290 e. The first-order chi connectivity index (χ1) is 16.9. The Bertz CT molecular complexity index is 1480. The van der Waals surface area contributed by atoms with Crippen molar-refractivity contribution in [1.29, 1.82) is 0 Å². The quantitative estimate of drug-likeness (QED) is 0.384. The number of carbonyl (C=O) groups is 2. The van der Waals surface area contributed by atoms with Crippen molar-refractivity contribution in [1.82, 2.24) is 4.90 Å². The first kappa shape index (κ1) is 22.9. The highest BCUT2D eigenvalue weighted by molar-refractivity contribution is 9.10. The van der Waals surface area contributed by atoms with Crippen LogP contribution in [0.2, 0.25) is 0 Å². The van der Waals surface area contributed by atoms with E-state index in [9.17, 15) is 14.4 Å². The molecule has 1 aliphatic heterocycles. The molecule has 4 aromatic rings. The summed E-state index contributed by atoms with van der Waals surface area (Å²) >= 11 is 3.41. The summed E-state index contributed by atoms with van der Waals surface area (Å²) < 4.78 is 12.1. The normalized spacial score (nSPS) is 14.8. The summed E-state index contributed by atoms with van der Waals surface area (Å²) in [7, 11) is 0. The highest BCUT2D eigenvalue weighted by Gasteiger charge is 2.42. The van der Waals surface area contributed by atoms with Crippen LogP contribution in [0.15, 0.2) is 86.5 Å². The fraction of sp³-hybridized carbons (Fsp3) is 0.148. The summed E-state index contributed by atoms with van der Waals surface area (Å²) in [6.45, 7) is 0.162. The lowest BCUT2D eigenvalue weighted by atomic mass is 9.98. The molecular weight excluding hydrogens is 512 g/mol. The average Bonchev–Trinajstić information content (AvgIpc) is 3.14. The van der Waals surface area contributed by atoms with Crippen molar-refractivity contribution in [3.63, 3.8) is 0 Å². The molecule has 0 saturated heterocycles. The number of rotatable bonds is 7. The molecule has 2 amide bonds. The molecule has 0 aliphatic carbocycles. The predicted octanol–water partition coefficient (Wildman–Crippen LogP) is 4.21. The molecular formula is C27H21BrN2O5. The summed E-state index contributed by atoms with van der Waals surface area (Å²) in [5.74, 6) is -0.372. The summed E-state index contributed by atoms with van der Waals surface area (Å²) in [5, 5.41) is 0.405. The van der Waals surface area contributed by atoms with E-state index in [1.165, 1.54) is 0 Å². The van der Waals surface area contributed by atoms with Crippen LogP contribution in [0.3, 0.4) is 0 Å². The van der Waals surface area contributed by atoms with Gasteiger partial charge in [-0.15, -0.1) is 0 Å². The number of hydrogen-bond acceptors (Lipinski definition) is 5. The van der Waals surface area contributed by atoms with Gasteiger partial charge in [-0.1, -0.05) is 58.4 Å². The third kappa shape index (κ3) is 4.44. The van der Waals surface area contributed by atoms with Crippen LogP contribution >= 0.6 is 15.9 Å². The molecule has 2 heterocycles. The Morgan fingerprint density at radius 2 is 1.77 bits per heavy atom. The number of nitrogens with zero attached hydrogens (tertiary/aromatic N) is 1. The highest BCUT2D eigenvalue weighted by Crippen LogP contribution is 2.39. The zero-order valence-electron chi connectivity index (χ0n) is 18.6. The summed E-state index contributed by atoms with van der Waals surface area (Å²) in [6.07, 6.45) is 0.621. The molecule has 176 valence electrons. The number of amides is 2. The zero-order valence-corrected chi connectivity index (χ0v) is 20.2. The molecule has 0 fully saturated rings. The van der Waals surface area contributed by atoms with Crippen LogP contribution in [0.25, 0.3) is 11.0 Å². The Balaban J connectivity index is 1.58. The van der Waals surface area contributed by atoms with Gasteiger partial charge >= 0.3 is 0 Å². The molecule has 35 heavy (non-hydrogen) atoms. The van der Waals surface area contributed by atoms with Gasteiger partial charge in [0.25, 0.3) is 11.8 Å². The first-order valence-corrected chi connectivity index (χ1v) is 11.8. The van der Waals surface area contributed by atoms with Crippen molar-refractivity contribution in [2.24, 2.45) is 5.73 Å². The van der Waals surface area contributed by atoms with Gasteiger partial charge in [-0.25, -0.2) is 0 Å². The molecule has 0 saturated carbocycles. The van der Waals surface area contributed by atoms with Crippen LogP contribution in [-0.4, -0.2) is 29.9 Å². The lowest BCUT2D eigenvalue weighted by Crippen LogP contribution is -2.31. The van der Waals surface area contributed by atoms with Gasteiger partial charge in [-0.05, 0) is 47.9 Å². The fourth-order valence-corrected chi connectivity index (χ4v) is 4.73. The van der Waals surface area contributed by atoms with Gasteiger partial charge in [0, 0.05) is 11.0 Å². The van der Waals surface area contributed by atoms with Crippen LogP contribution in [0.1, 0.15) is 33.3 Å². The van der Waals surface area contributed by atoms with E-state index in [0.717, 1.165) is 15.6 Å². The highest BCUT2D eigenvalue weighted by atomic mass is 79.9. The number of halogens is 1. The van der Waals surface area contributed by atoms with E-state index >= 15 is 0 Å². The Labute approximate surface area is 209 Å². The molecule has 0 bridgehead atoms. The Hall–Kier alpha value is -3.91. The van der Waals surface area contributed by atoms with Crippen LogP contribution < -0.4 is 15.9 Å². The maximum atomic E-state index is 13.6. The SMILES string of the molecule is NC(=O)COc1ccc(C2c3c(oc4ccc(Br)cc4c3=O)C(=O)N2CCc2ccccc2)cc1. The Kier molecular flexibility index (Phi) is 6.13. The number of fused-ring (bicyclic) bond motifs is 2. The van der Waals surface area contributed by atoms with Crippen molar-refractivity contribution >= 4 is 38.7 Å². The van der Waals surface area contributed by atoms with Gasteiger partial charge in [0.2, 0.25) is 5.76 Å². The second kappa shape index (κ2) is 9.38. The molecule has 1 aromatic heterocycles. The molecule has 0 radical (unpaired) electrons. The van der Waals surface area contributed by atoms with Gasteiger partial charge in [0.15, 0.2) is 12.0 Å². The van der Waals surface area contributed by atoms with Gasteiger partial charge < -0.3 is 19.8 Å². The van der Waals surface area contributed by atoms with Crippen LogP contribution in [-0.2, 0) is 11.2 Å². The minimum atomic E-state index is -0.619. The van der Waals surface area contributed by atoms with Crippen LogP contribution in [0, 0.1) is 0 Å². The molecule has 1 atom stereocenters. The van der Waals surface area contributed by atoms with Crippen molar-refractivity contribution in [3.8, 4) is 5.75 Å². The second-order valence-corrected chi connectivity index (χ2v) is 9.19. The fourth-order valence-electron chi connectivity index (χ4n) is 4.36. The van der Waals surface area contributed by atoms with Gasteiger partial charge in [0.1, 0.15) is 11.3 Å². The smallest absolute Gasteiger partial charge is 0.290 e. The molecule has 0 spiro atoms. The standard InChI is InChI=1S/C27H21BrN2O5/c28-18-8-11-21-20(14-18)25(32)23-24(17-6-9-19(10-7-17)34-15-22(29)31)30(27(33)26(23)35-21)13-12-16-4-2-1-3-5-16/h1-11,14,24H,12-13,15H2,(H2,29,31). The minimum Gasteiger partial charge on any atom is -0.484 e. The Morgan fingerprint density at radius 3 is 2.49 bits per heavy atom. The van der Waals surface area contributed by atoms with E-state index in [4.69, 9.17) is 14.9 Å². The average molecular weight is 533 g/mol. The van der Waals surface area contributed by atoms with Gasteiger partial charge in [-0.3, -0.25) is 14.4 Å². The topological polar surface area (TPSA) is 103 Å². The largest absolute Gasteiger partial charge is 0.484 e. The lowest BCUT2D eigenvalue weighted by molar-refractivity contribution is -0.119. The van der Waals surface area contributed by atoms with Crippen LogP contribution in [0.5, 0.6) is 5.75 Å². The van der Waals surface area contributed by atoms with E-state index in [-0.39, 0.29) is 23.7 Å². The number of benzene rings is 3. The Morgan fingerprint density at radius 1 is 1.03 bits per heavy atom. The zero-order chi connectivity index (χ0) is 24.5. The summed E-state index contributed by atoms with van der Waals surface area (Å²) in [5.41, 5.74) is 7.42. The van der Waals surface area contributed by atoms with E-state index in [0.29, 0.717) is 35.2 Å². The molecule has 2 N–H and O–H groups in total. The van der Waals surface area contributed by atoms with E-state index < -0.39 is 11.9 Å². The third-order valence-electron chi connectivity index (χ3n) is 5.99. The number of nitrogens with two attached hydrogens (primary N) is 1. The molecule has 3 aromatic carbocycles. The van der Waals surface area contributed by atoms with E-state index in [1.807, 2.05) is 30.3 Å². The number of ether oxygens (including phenoxy) is 1. The molecule has 5 rings (SSSR count). The number of hydrogen-bond donors (Lipinski definition) is 1. The molecule has 7 nitrogen and oxygen atoms in total. The number of carbonyl (C=O) groups excluding carboxylic acids is 2. The van der Waals surface area contributed by atoms with Crippen LogP contribution in [0.4, 0.5) is 0 Å². The maximum absolute atomic E-state index is 13.6. The minimum absolute atomic E-state index is 0.0666. The van der Waals surface area contributed by atoms with Crippen molar-refractivity contribution < 1.29 is 18.7 Å². The van der Waals surface area contributed by atoms with Gasteiger partial charge in [-0.2, -0.15) is 0 Å². The monoisotopic (exact) mass is 532 g/mol. The number of primary amides is 1.